The van der Waals surface area contributed by atoms with Gasteiger partial charge in [0, 0.05) is 29.7 Å². The van der Waals surface area contributed by atoms with Crippen LogP contribution in [0.25, 0.3) is 0 Å². The minimum atomic E-state index is 0.0555. The van der Waals surface area contributed by atoms with Gasteiger partial charge in [0.15, 0.2) is 0 Å². The standard InChI is InChI=1S/C15H23BrN2O/c1-11(17)12-6-7-15(14(16)10-12)18(8-3-9-19)13-4-2-5-13/h6-7,10-11,13,19H,2-5,8-9,17H2,1H3. The SMILES string of the molecule is CC(N)c1ccc(N(CCCO)C2CCC2)c(Br)c1. The second-order valence-electron chi connectivity index (χ2n) is 5.35. The van der Waals surface area contributed by atoms with Crippen LogP contribution >= 0.6 is 15.9 Å². The minimum absolute atomic E-state index is 0.0555. The zero-order valence-electron chi connectivity index (χ0n) is 11.5. The van der Waals surface area contributed by atoms with Crippen LogP contribution in [0.5, 0.6) is 0 Å². The van der Waals surface area contributed by atoms with E-state index in [0.717, 1.165) is 23.0 Å². The molecule has 1 aromatic rings. The molecule has 1 aliphatic carbocycles. The van der Waals surface area contributed by atoms with E-state index in [1.165, 1.54) is 24.9 Å². The molecule has 4 heteroatoms. The molecule has 0 heterocycles. The third-order valence-corrected chi connectivity index (χ3v) is 4.51. The lowest BCUT2D eigenvalue weighted by atomic mass is 9.90. The Hall–Kier alpha value is -0.580. The van der Waals surface area contributed by atoms with Crippen LogP contribution in [0.3, 0.4) is 0 Å². The predicted molar refractivity (Wildman–Crippen MR) is 83.4 cm³/mol. The van der Waals surface area contributed by atoms with Gasteiger partial charge in [0.25, 0.3) is 0 Å². The van der Waals surface area contributed by atoms with Crippen LogP contribution in [0.4, 0.5) is 5.69 Å². The topological polar surface area (TPSA) is 49.5 Å². The molecule has 3 N–H and O–H groups in total. The highest BCUT2D eigenvalue weighted by atomic mass is 79.9. The van der Waals surface area contributed by atoms with Gasteiger partial charge in [-0.1, -0.05) is 6.07 Å². The average molecular weight is 327 g/mol. The zero-order chi connectivity index (χ0) is 13.8. The molecule has 3 nitrogen and oxygen atoms in total. The zero-order valence-corrected chi connectivity index (χ0v) is 13.1. The Morgan fingerprint density at radius 1 is 1.47 bits per heavy atom. The largest absolute Gasteiger partial charge is 0.396 e. The Labute approximate surface area is 123 Å². The summed E-state index contributed by atoms with van der Waals surface area (Å²) in [6, 6.07) is 7.06. The molecule has 1 aliphatic rings. The molecule has 1 unspecified atom stereocenters. The maximum absolute atomic E-state index is 9.07. The van der Waals surface area contributed by atoms with Crippen molar-refractivity contribution in [2.24, 2.45) is 5.73 Å². The molecule has 2 rings (SSSR count). The molecule has 0 aromatic heterocycles. The molecule has 0 aliphatic heterocycles. The van der Waals surface area contributed by atoms with Crippen molar-refractivity contribution >= 4 is 21.6 Å². The summed E-state index contributed by atoms with van der Waals surface area (Å²) >= 11 is 3.67. The quantitative estimate of drug-likeness (QED) is 0.843. The minimum Gasteiger partial charge on any atom is -0.396 e. The van der Waals surface area contributed by atoms with Crippen molar-refractivity contribution in [3.05, 3.63) is 28.2 Å². The van der Waals surface area contributed by atoms with E-state index in [2.05, 4.69) is 39.0 Å². The monoisotopic (exact) mass is 326 g/mol. The van der Waals surface area contributed by atoms with E-state index in [1.54, 1.807) is 0 Å². The Morgan fingerprint density at radius 3 is 2.68 bits per heavy atom. The number of benzene rings is 1. The number of nitrogens with two attached hydrogens (primary N) is 1. The normalized spacial score (nSPS) is 17.1. The van der Waals surface area contributed by atoms with Gasteiger partial charge in [-0.15, -0.1) is 0 Å². The van der Waals surface area contributed by atoms with Gasteiger partial charge < -0.3 is 15.7 Å². The molecule has 0 saturated heterocycles. The highest BCUT2D eigenvalue weighted by Crippen LogP contribution is 2.35. The van der Waals surface area contributed by atoms with Crippen LogP contribution in [0.15, 0.2) is 22.7 Å². The van der Waals surface area contributed by atoms with Crippen molar-refractivity contribution in [1.82, 2.24) is 0 Å². The van der Waals surface area contributed by atoms with Gasteiger partial charge in [-0.25, -0.2) is 0 Å². The smallest absolute Gasteiger partial charge is 0.0513 e. The molecular weight excluding hydrogens is 304 g/mol. The number of hydrogen-bond acceptors (Lipinski definition) is 3. The van der Waals surface area contributed by atoms with Crippen molar-refractivity contribution in [2.45, 2.75) is 44.7 Å². The van der Waals surface area contributed by atoms with E-state index in [-0.39, 0.29) is 12.6 Å². The molecular formula is C15H23BrN2O. The van der Waals surface area contributed by atoms with Crippen LogP contribution in [0, 0.1) is 0 Å². The van der Waals surface area contributed by atoms with E-state index in [4.69, 9.17) is 10.8 Å². The average Bonchev–Trinajstić information content (AvgIpc) is 2.32. The maximum Gasteiger partial charge on any atom is 0.0513 e. The molecule has 1 aromatic carbocycles. The van der Waals surface area contributed by atoms with E-state index >= 15 is 0 Å². The summed E-state index contributed by atoms with van der Waals surface area (Å²) in [4.78, 5) is 2.43. The number of anilines is 1. The van der Waals surface area contributed by atoms with Crippen molar-refractivity contribution < 1.29 is 5.11 Å². The number of rotatable bonds is 6. The lowest BCUT2D eigenvalue weighted by Crippen LogP contribution is -2.41. The lowest BCUT2D eigenvalue weighted by Gasteiger charge is -2.40. The van der Waals surface area contributed by atoms with Gasteiger partial charge in [0.2, 0.25) is 0 Å². The first-order valence-electron chi connectivity index (χ1n) is 7.06. The van der Waals surface area contributed by atoms with E-state index in [0.29, 0.717) is 6.04 Å². The number of aliphatic hydroxyl groups excluding tert-OH is 1. The van der Waals surface area contributed by atoms with Crippen LogP contribution < -0.4 is 10.6 Å². The highest BCUT2D eigenvalue weighted by molar-refractivity contribution is 9.10. The maximum atomic E-state index is 9.07. The fraction of sp³-hybridized carbons (Fsp3) is 0.600. The van der Waals surface area contributed by atoms with E-state index < -0.39 is 0 Å². The second-order valence-corrected chi connectivity index (χ2v) is 6.21. The Kier molecular flexibility index (Phi) is 5.25. The number of hydrogen-bond donors (Lipinski definition) is 2. The molecule has 1 saturated carbocycles. The molecule has 0 radical (unpaired) electrons. The first-order valence-corrected chi connectivity index (χ1v) is 7.85. The van der Waals surface area contributed by atoms with Crippen LogP contribution in [-0.4, -0.2) is 24.3 Å². The number of aliphatic hydroxyl groups is 1. The highest BCUT2D eigenvalue weighted by Gasteiger charge is 2.26. The Bertz CT molecular complexity index is 419. The van der Waals surface area contributed by atoms with Crippen LogP contribution in [0.1, 0.15) is 44.2 Å². The fourth-order valence-corrected chi connectivity index (χ4v) is 3.10. The number of halogens is 1. The summed E-state index contributed by atoms with van der Waals surface area (Å²) in [6.07, 6.45) is 4.65. The first-order chi connectivity index (χ1) is 9.13. The molecule has 1 atom stereocenters. The van der Waals surface area contributed by atoms with Gasteiger partial charge in [-0.2, -0.15) is 0 Å². The van der Waals surface area contributed by atoms with Gasteiger partial charge >= 0.3 is 0 Å². The molecule has 19 heavy (non-hydrogen) atoms. The summed E-state index contributed by atoms with van der Waals surface area (Å²) in [5.74, 6) is 0. The van der Waals surface area contributed by atoms with Crippen molar-refractivity contribution in [3.8, 4) is 0 Å². The van der Waals surface area contributed by atoms with Crippen molar-refractivity contribution in [1.29, 1.82) is 0 Å². The third kappa shape index (κ3) is 3.50. The Balaban J connectivity index is 2.20. The molecule has 106 valence electrons. The Morgan fingerprint density at radius 2 is 2.21 bits per heavy atom. The summed E-state index contributed by atoms with van der Waals surface area (Å²) in [7, 11) is 0. The van der Waals surface area contributed by atoms with Crippen molar-refractivity contribution in [3.63, 3.8) is 0 Å². The summed E-state index contributed by atoms with van der Waals surface area (Å²) in [6.45, 7) is 3.16. The molecule has 1 fully saturated rings. The summed E-state index contributed by atoms with van der Waals surface area (Å²) in [5, 5.41) is 9.07. The summed E-state index contributed by atoms with van der Waals surface area (Å²) < 4.78 is 1.10. The van der Waals surface area contributed by atoms with E-state index in [9.17, 15) is 0 Å². The van der Waals surface area contributed by atoms with Gasteiger partial charge in [-0.3, -0.25) is 0 Å². The third-order valence-electron chi connectivity index (χ3n) is 3.88. The molecule has 0 spiro atoms. The van der Waals surface area contributed by atoms with Gasteiger partial charge in [0.05, 0.1) is 5.69 Å². The fourth-order valence-electron chi connectivity index (χ4n) is 2.48. The first kappa shape index (κ1) is 14.8. The second kappa shape index (κ2) is 6.73. The van der Waals surface area contributed by atoms with Crippen LogP contribution in [0.2, 0.25) is 0 Å². The lowest BCUT2D eigenvalue weighted by molar-refractivity contribution is 0.283. The van der Waals surface area contributed by atoms with Crippen LogP contribution in [-0.2, 0) is 0 Å². The van der Waals surface area contributed by atoms with E-state index in [1.807, 2.05) is 6.92 Å². The predicted octanol–water partition coefficient (Wildman–Crippen LogP) is 3.21. The molecule has 0 amide bonds. The van der Waals surface area contributed by atoms with Gasteiger partial charge in [0.1, 0.15) is 0 Å². The summed E-state index contributed by atoms with van der Waals surface area (Å²) in [5.41, 5.74) is 8.29. The molecule has 0 bridgehead atoms. The van der Waals surface area contributed by atoms with Gasteiger partial charge in [-0.05, 0) is 66.2 Å². The van der Waals surface area contributed by atoms with Crippen molar-refractivity contribution in [2.75, 3.05) is 18.1 Å². The number of nitrogens with zero attached hydrogens (tertiary/aromatic N) is 1.